The summed E-state index contributed by atoms with van der Waals surface area (Å²) in [7, 11) is 0. The number of amides is 1. The Balaban J connectivity index is 1.62. The second-order valence-corrected chi connectivity index (χ2v) is 7.42. The van der Waals surface area contributed by atoms with E-state index in [-0.39, 0.29) is 5.17 Å². The zero-order chi connectivity index (χ0) is 20.8. The van der Waals surface area contributed by atoms with Gasteiger partial charge in [0.2, 0.25) is 5.91 Å². The molecule has 1 fully saturated rings. The van der Waals surface area contributed by atoms with Crippen LogP contribution in [0.5, 0.6) is 5.75 Å². The van der Waals surface area contributed by atoms with Crippen molar-refractivity contribution in [3.05, 3.63) is 64.7 Å². The summed E-state index contributed by atoms with van der Waals surface area (Å²) in [6.07, 6.45) is 1.01. The highest BCUT2D eigenvalue weighted by Gasteiger charge is 2.30. The Morgan fingerprint density at radius 3 is 2.72 bits per heavy atom. The fraction of sp³-hybridized carbons (Fsp3) is 0.105. The number of halogens is 1. The van der Waals surface area contributed by atoms with Gasteiger partial charge in [0.1, 0.15) is 5.75 Å². The van der Waals surface area contributed by atoms with Crippen LogP contribution in [0.2, 0.25) is 5.02 Å². The van der Waals surface area contributed by atoms with Crippen molar-refractivity contribution in [2.75, 3.05) is 0 Å². The monoisotopic (exact) mass is 430 g/mol. The van der Waals surface area contributed by atoms with Gasteiger partial charge in [0.25, 0.3) is 0 Å². The van der Waals surface area contributed by atoms with Gasteiger partial charge in [-0.05, 0) is 42.0 Å². The number of ether oxygens (including phenoxy) is 1. The molecule has 2 aromatic rings. The highest BCUT2D eigenvalue weighted by molar-refractivity contribution is 8.15. The number of nitrogens with one attached hydrogen (secondary N) is 1. The third-order valence-corrected chi connectivity index (χ3v) is 4.96. The first kappa shape index (κ1) is 20.6. The Labute approximate surface area is 174 Å². The fourth-order valence-electron chi connectivity index (χ4n) is 2.30. The van der Waals surface area contributed by atoms with Crippen LogP contribution in [0.25, 0.3) is 0 Å². The van der Waals surface area contributed by atoms with Gasteiger partial charge in [0, 0.05) is 17.4 Å². The number of esters is 1. The molecule has 1 aliphatic heterocycles. The minimum Gasteiger partial charge on any atom is -0.550 e. The normalized spacial score (nSPS) is 17.5. The number of hydrogen-bond donors (Lipinski definition) is 1. The molecule has 1 N–H and O–H groups in total. The molecular formula is C19H13ClN3O5S-. The lowest BCUT2D eigenvalue weighted by atomic mass is 10.2. The number of aliphatic carboxylic acids is 1. The van der Waals surface area contributed by atoms with E-state index >= 15 is 0 Å². The molecule has 1 atom stereocenters. The van der Waals surface area contributed by atoms with E-state index in [1.54, 1.807) is 48.5 Å². The highest BCUT2D eigenvalue weighted by Crippen LogP contribution is 2.22. The summed E-state index contributed by atoms with van der Waals surface area (Å²) < 4.78 is 5.32. The first-order chi connectivity index (χ1) is 13.9. The van der Waals surface area contributed by atoms with Crippen LogP contribution in [0.15, 0.2) is 58.7 Å². The summed E-state index contributed by atoms with van der Waals surface area (Å²) in [6, 6.07) is 12.9. The van der Waals surface area contributed by atoms with Crippen molar-refractivity contribution >= 4 is 52.6 Å². The van der Waals surface area contributed by atoms with E-state index < -0.39 is 29.5 Å². The molecule has 1 saturated heterocycles. The van der Waals surface area contributed by atoms with Gasteiger partial charge < -0.3 is 20.0 Å². The van der Waals surface area contributed by atoms with E-state index in [0.717, 1.165) is 11.8 Å². The molecule has 2 aromatic carbocycles. The Hall–Kier alpha value is -3.17. The van der Waals surface area contributed by atoms with Crippen molar-refractivity contribution in [3.8, 4) is 5.75 Å². The van der Waals surface area contributed by atoms with E-state index in [1.165, 1.54) is 6.21 Å². The van der Waals surface area contributed by atoms with Gasteiger partial charge in [-0.1, -0.05) is 35.5 Å². The number of amidine groups is 1. The molecular weight excluding hydrogens is 418 g/mol. The van der Waals surface area contributed by atoms with Crippen molar-refractivity contribution < 1.29 is 24.2 Å². The number of thioether (sulfide) groups is 1. The molecule has 29 heavy (non-hydrogen) atoms. The molecule has 148 valence electrons. The van der Waals surface area contributed by atoms with Crippen molar-refractivity contribution in [3.63, 3.8) is 0 Å². The third-order valence-electron chi connectivity index (χ3n) is 3.63. The second-order valence-electron chi connectivity index (χ2n) is 5.79. The molecule has 0 spiro atoms. The minimum absolute atomic E-state index is 0.197. The summed E-state index contributed by atoms with van der Waals surface area (Å²) in [4.78, 5) is 34.4. The number of carboxylic acids is 1. The highest BCUT2D eigenvalue weighted by atomic mass is 35.5. The Bertz CT molecular complexity index is 1010. The van der Waals surface area contributed by atoms with Gasteiger partial charge in [-0.3, -0.25) is 4.79 Å². The molecule has 8 nitrogen and oxygen atoms in total. The van der Waals surface area contributed by atoms with E-state index in [4.69, 9.17) is 16.3 Å². The molecule has 0 radical (unpaired) electrons. The van der Waals surface area contributed by atoms with Gasteiger partial charge >= 0.3 is 5.97 Å². The van der Waals surface area contributed by atoms with Crippen molar-refractivity contribution in [2.45, 2.75) is 11.7 Å². The minimum atomic E-state index is -1.31. The van der Waals surface area contributed by atoms with Crippen LogP contribution >= 0.6 is 23.4 Å². The standard InChI is InChI=1S/C19H14ClN3O5S/c20-13-6-4-12(5-7-13)18(27)28-14-3-1-2-11(8-14)10-21-23-19-22-17(26)15(29-19)9-16(24)25/h1-8,10,15H,9H2,(H,24,25)(H,22,23,26)/p-1/b21-10-/t15-/m0/s1. The summed E-state index contributed by atoms with van der Waals surface area (Å²) >= 11 is 6.77. The topological polar surface area (TPSA) is 120 Å². The summed E-state index contributed by atoms with van der Waals surface area (Å²) in [6.45, 7) is 0. The fourth-order valence-corrected chi connectivity index (χ4v) is 3.33. The van der Waals surface area contributed by atoms with Gasteiger partial charge in [0.15, 0.2) is 5.17 Å². The van der Waals surface area contributed by atoms with Gasteiger partial charge in [-0.2, -0.15) is 5.10 Å². The molecule has 0 aliphatic carbocycles. The van der Waals surface area contributed by atoms with E-state index in [1.807, 2.05) is 0 Å². The predicted octanol–water partition coefficient (Wildman–Crippen LogP) is 1.62. The average Bonchev–Trinajstić information content (AvgIpc) is 3.01. The van der Waals surface area contributed by atoms with E-state index in [9.17, 15) is 19.5 Å². The Morgan fingerprint density at radius 2 is 2.00 bits per heavy atom. The molecule has 0 saturated carbocycles. The molecule has 1 aliphatic rings. The number of benzene rings is 2. The van der Waals surface area contributed by atoms with E-state index in [2.05, 4.69) is 15.5 Å². The lowest BCUT2D eigenvalue weighted by Gasteiger charge is -2.05. The van der Waals surface area contributed by atoms with Crippen LogP contribution in [0.3, 0.4) is 0 Å². The smallest absolute Gasteiger partial charge is 0.343 e. The van der Waals surface area contributed by atoms with Crippen molar-refractivity contribution in [1.82, 2.24) is 5.32 Å². The van der Waals surface area contributed by atoms with Gasteiger partial charge in [0.05, 0.1) is 17.0 Å². The number of nitrogens with zero attached hydrogens (tertiary/aromatic N) is 2. The van der Waals surface area contributed by atoms with Crippen LogP contribution in [0.4, 0.5) is 0 Å². The lowest BCUT2D eigenvalue weighted by Crippen LogP contribution is -2.31. The largest absolute Gasteiger partial charge is 0.550 e. The summed E-state index contributed by atoms with van der Waals surface area (Å²) in [5.41, 5.74) is 0.969. The average molecular weight is 431 g/mol. The molecule has 1 amide bonds. The first-order valence-electron chi connectivity index (χ1n) is 8.27. The van der Waals surface area contributed by atoms with Crippen molar-refractivity contribution in [1.29, 1.82) is 0 Å². The SMILES string of the molecule is O=C([O-])C[C@@H]1S/C(=N\N=C/c2cccc(OC(=O)c3ccc(Cl)cc3)c2)NC1=O. The van der Waals surface area contributed by atoms with Gasteiger partial charge in [-0.15, -0.1) is 5.10 Å². The number of rotatable bonds is 6. The first-order valence-corrected chi connectivity index (χ1v) is 9.52. The number of hydrogen-bond acceptors (Lipinski definition) is 8. The van der Waals surface area contributed by atoms with Crippen molar-refractivity contribution in [2.24, 2.45) is 10.2 Å². The Kier molecular flexibility index (Phi) is 6.63. The summed E-state index contributed by atoms with van der Waals surface area (Å²) in [5, 5.41) is 20.7. The second kappa shape index (κ2) is 9.35. The van der Waals surface area contributed by atoms with E-state index in [0.29, 0.717) is 21.9 Å². The molecule has 1 heterocycles. The Morgan fingerprint density at radius 1 is 1.24 bits per heavy atom. The van der Waals surface area contributed by atoms with Gasteiger partial charge in [-0.25, -0.2) is 4.79 Å². The molecule has 0 bridgehead atoms. The summed E-state index contributed by atoms with van der Waals surface area (Å²) in [5.74, 6) is -1.98. The van der Waals surface area contributed by atoms with Crippen LogP contribution in [0.1, 0.15) is 22.3 Å². The molecule has 10 heteroatoms. The molecule has 0 aromatic heterocycles. The maximum atomic E-state index is 12.2. The number of carbonyl (C=O) groups excluding carboxylic acids is 3. The quantitative estimate of drug-likeness (QED) is 0.322. The van der Waals surface area contributed by atoms with Crippen LogP contribution in [0, 0.1) is 0 Å². The maximum absolute atomic E-state index is 12.2. The lowest BCUT2D eigenvalue weighted by molar-refractivity contribution is -0.305. The third kappa shape index (κ3) is 5.90. The number of carbonyl (C=O) groups is 3. The number of carboxylic acid groups (broad SMARTS) is 1. The zero-order valence-corrected chi connectivity index (χ0v) is 16.3. The predicted molar refractivity (Wildman–Crippen MR) is 107 cm³/mol. The van der Waals surface area contributed by atoms with Crippen LogP contribution in [-0.4, -0.2) is 34.5 Å². The molecule has 3 rings (SSSR count). The molecule has 0 unspecified atom stereocenters. The zero-order valence-electron chi connectivity index (χ0n) is 14.7. The van der Waals surface area contributed by atoms with Crippen LogP contribution in [-0.2, 0) is 9.59 Å². The van der Waals surface area contributed by atoms with Crippen LogP contribution < -0.4 is 15.2 Å². The maximum Gasteiger partial charge on any atom is 0.343 e.